The lowest BCUT2D eigenvalue weighted by molar-refractivity contribution is -0.514. The Morgan fingerprint density at radius 2 is 1.97 bits per heavy atom. The fourth-order valence-electron chi connectivity index (χ4n) is 3.71. The van der Waals surface area contributed by atoms with E-state index in [-0.39, 0.29) is 12.4 Å². The number of H-pyrrole nitrogens is 1. The third-order valence-corrected chi connectivity index (χ3v) is 5.43. The third kappa shape index (κ3) is 3.78. The van der Waals surface area contributed by atoms with E-state index in [1.54, 1.807) is 34.9 Å². The standard InChI is InChI=1S/C21H20F3N3O3/c22-21(23,24)15-5-3-4-14(12-15)17-16-6-1-2-9-27(16)18(25-17)19(29)26-20(13-28)7-10-30-11-8-20/h1-6,9,12,28H,7-8,10-11,13H2,(H,26,29)/p+1. The van der Waals surface area contributed by atoms with Crippen molar-refractivity contribution in [2.75, 3.05) is 19.8 Å². The van der Waals surface area contributed by atoms with Gasteiger partial charge in [-0.25, -0.2) is 4.98 Å². The Balaban J connectivity index is 1.75. The number of aromatic amines is 1. The lowest BCUT2D eigenvalue weighted by atomic mass is 9.91. The fourth-order valence-corrected chi connectivity index (χ4v) is 3.71. The molecule has 0 saturated carbocycles. The van der Waals surface area contributed by atoms with E-state index in [4.69, 9.17) is 4.74 Å². The second-order valence-electron chi connectivity index (χ2n) is 7.39. The minimum Gasteiger partial charge on any atom is -0.394 e. The average Bonchev–Trinajstić information content (AvgIpc) is 3.14. The predicted molar refractivity (Wildman–Crippen MR) is 102 cm³/mol. The second kappa shape index (κ2) is 7.73. The number of fused-ring (bicyclic) bond motifs is 1. The molecule has 158 valence electrons. The highest BCUT2D eigenvalue weighted by atomic mass is 19.4. The number of carbonyl (C=O) groups is 1. The van der Waals surface area contributed by atoms with Crippen LogP contribution in [0, 0.1) is 0 Å². The molecule has 0 radical (unpaired) electrons. The highest BCUT2D eigenvalue weighted by Gasteiger charge is 2.37. The number of alkyl halides is 3. The first-order valence-corrected chi connectivity index (χ1v) is 9.54. The van der Waals surface area contributed by atoms with Crippen LogP contribution in [-0.4, -0.2) is 41.4 Å². The smallest absolute Gasteiger partial charge is 0.394 e. The molecule has 0 aliphatic carbocycles. The van der Waals surface area contributed by atoms with Gasteiger partial charge < -0.3 is 15.2 Å². The molecular weight excluding hydrogens is 399 g/mol. The Morgan fingerprint density at radius 1 is 1.20 bits per heavy atom. The maximum atomic E-state index is 13.2. The molecule has 9 heteroatoms. The molecule has 3 N–H and O–H groups in total. The van der Waals surface area contributed by atoms with Crippen LogP contribution in [0.2, 0.25) is 0 Å². The number of amides is 1. The van der Waals surface area contributed by atoms with Crippen LogP contribution in [0.4, 0.5) is 13.2 Å². The lowest BCUT2D eigenvalue weighted by Crippen LogP contribution is -2.55. The zero-order valence-electron chi connectivity index (χ0n) is 16.0. The quantitative estimate of drug-likeness (QED) is 0.568. The molecule has 4 rings (SSSR count). The van der Waals surface area contributed by atoms with E-state index in [1.165, 1.54) is 6.07 Å². The zero-order valence-corrected chi connectivity index (χ0v) is 16.0. The molecule has 1 saturated heterocycles. The highest BCUT2D eigenvalue weighted by molar-refractivity contribution is 5.92. The number of imidazole rings is 1. The Hall–Kier alpha value is -2.91. The lowest BCUT2D eigenvalue weighted by Gasteiger charge is -2.35. The number of halogens is 3. The molecule has 0 spiro atoms. The first kappa shape index (κ1) is 20.4. The minimum atomic E-state index is -4.47. The van der Waals surface area contributed by atoms with Gasteiger partial charge in [0, 0.05) is 18.8 Å². The molecule has 1 aliphatic heterocycles. The Kier molecular flexibility index (Phi) is 5.25. The molecule has 3 heterocycles. The van der Waals surface area contributed by atoms with Crippen molar-refractivity contribution < 1.29 is 32.2 Å². The maximum Gasteiger partial charge on any atom is 0.416 e. The third-order valence-electron chi connectivity index (χ3n) is 5.43. The van der Waals surface area contributed by atoms with Crippen molar-refractivity contribution in [3.8, 4) is 11.3 Å². The van der Waals surface area contributed by atoms with E-state index in [0.717, 1.165) is 12.1 Å². The Morgan fingerprint density at radius 3 is 2.67 bits per heavy atom. The molecular formula is C21H21F3N3O3+. The van der Waals surface area contributed by atoms with Gasteiger partial charge in [-0.1, -0.05) is 18.2 Å². The molecule has 1 fully saturated rings. The molecule has 6 nitrogen and oxygen atoms in total. The summed E-state index contributed by atoms with van der Waals surface area (Å²) in [6, 6.07) is 10.1. The van der Waals surface area contributed by atoms with Gasteiger partial charge in [-0.2, -0.15) is 17.6 Å². The van der Waals surface area contributed by atoms with E-state index >= 15 is 0 Å². The van der Waals surface area contributed by atoms with Crippen LogP contribution in [0.25, 0.3) is 16.8 Å². The largest absolute Gasteiger partial charge is 0.416 e. The van der Waals surface area contributed by atoms with E-state index in [0.29, 0.717) is 42.8 Å². The molecule has 2 aromatic heterocycles. The van der Waals surface area contributed by atoms with Crippen LogP contribution in [-0.2, 0) is 10.9 Å². The minimum absolute atomic E-state index is 0.164. The number of benzene rings is 1. The number of hydrogen-bond donors (Lipinski definition) is 3. The second-order valence-corrected chi connectivity index (χ2v) is 7.39. The van der Waals surface area contributed by atoms with Gasteiger partial charge in [0.25, 0.3) is 0 Å². The first-order valence-electron chi connectivity index (χ1n) is 9.54. The normalized spacial score (nSPS) is 16.5. The number of nitrogens with one attached hydrogen (secondary N) is 2. The molecule has 0 bridgehead atoms. The van der Waals surface area contributed by atoms with Gasteiger partial charge in [0.2, 0.25) is 0 Å². The number of rotatable bonds is 4. The average molecular weight is 420 g/mol. The van der Waals surface area contributed by atoms with Crippen molar-refractivity contribution >= 4 is 11.4 Å². The van der Waals surface area contributed by atoms with E-state index in [9.17, 15) is 23.1 Å². The van der Waals surface area contributed by atoms with Gasteiger partial charge in [0.1, 0.15) is 0 Å². The van der Waals surface area contributed by atoms with Gasteiger partial charge >= 0.3 is 17.9 Å². The van der Waals surface area contributed by atoms with Crippen LogP contribution in [0.3, 0.4) is 0 Å². The first-order chi connectivity index (χ1) is 14.3. The van der Waals surface area contributed by atoms with Crippen molar-refractivity contribution in [1.82, 2.24) is 10.3 Å². The summed E-state index contributed by atoms with van der Waals surface area (Å²) in [4.78, 5) is 16.1. The van der Waals surface area contributed by atoms with Crippen LogP contribution < -0.4 is 9.72 Å². The van der Waals surface area contributed by atoms with Gasteiger partial charge in [-0.3, -0.25) is 4.79 Å². The topological polar surface area (TPSA) is 78.4 Å². The summed E-state index contributed by atoms with van der Waals surface area (Å²) < 4.78 is 46.4. The number of hydrogen-bond acceptors (Lipinski definition) is 3. The Bertz CT molecular complexity index is 1070. The van der Waals surface area contributed by atoms with E-state index in [1.807, 2.05) is 0 Å². The summed E-state index contributed by atoms with van der Waals surface area (Å²) in [6.45, 7) is 0.621. The number of aromatic nitrogens is 2. The maximum absolute atomic E-state index is 13.2. The fraction of sp³-hybridized carbons (Fsp3) is 0.333. The number of aliphatic hydroxyl groups excluding tert-OH is 1. The molecule has 1 amide bonds. The highest BCUT2D eigenvalue weighted by Crippen LogP contribution is 2.32. The molecule has 1 aromatic carbocycles. The van der Waals surface area contributed by atoms with Crippen molar-refractivity contribution in [3.63, 3.8) is 0 Å². The molecule has 0 unspecified atom stereocenters. The van der Waals surface area contributed by atoms with Crippen molar-refractivity contribution in [3.05, 3.63) is 60.0 Å². The SMILES string of the molecule is O=C(NC1(CO)CCOCC1)c1[nH]c(-c2cccc(C(F)(F)F)c2)c2cccc[n+]12. The zero-order chi connectivity index (χ0) is 21.4. The molecule has 0 atom stereocenters. The predicted octanol–water partition coefficient (Wildman–Crippen LogP) is 2.71. The van der Waals surface area contributed by atoms with Crippen LogP contribution in [0.1, 0.15) is 29.0 Å². The number of aliphatic hydroxyl groups is 1. The van der Waals surface area contributed by atoms with Crippen molar-refractivity contribution in [1.29, 1.82) is 0 Å². The summed E-state index contributed by atoms with van der Waals surface area (Å²) >= 11 is 0. The number of carbonyl (C=O) groups excluding carboxylic acids is 1. The van der Waals surface area contributed by atoms with Gasteiger partial charge in [-0.05, 0) is 37.1 Å². The Labute approximate surface area is 170 Å². The van der Waals surface area contributed by atoms with Gasteiger partial charge in [-0.15, -0.1) is 0 Å². The molecule has 1 aliphatic rings. The summed E-state index contributed by atoms with van der Waals surface area (Å²) in [5, 5.41) is 12.7. The summed E-state index contributed by atoms with van der Waals surface area (Å²) in [6.07, 6.45) is -1.87. The van der Waals surface area contributed by atoms with E-state index < -0.39 is 23.2 Å². The van der Waals surface area contributed by atoms with Crippen LogP contribution in [0.5, 0.6) is 0 Å². The molecule has 3 aromatic rings. The van der Waals surface area contributed by atoms with Crippen molar-refractivity contribution in [2.45, 2.75) is 24.6 Å². The van der Waals surface area contributed by atoms with E-state index in [2.05, 4.69) is 10.3 Å². The number of pyridine rings is 1. The van der Waals surface area contributed by atoms with Gasteiger partial charge in [0.15, 0.2) is 11.2 Å². The van der Waals surface area contributed by atoms with Crippen molar-refractivity contribution in [2.24, 2.45) is 0 Å². The van der Waals surface area contributed by atoms with Crippen LogP contribution >= 0.6 is 0 Å². The van der Waals surface area contributed by atoms with Crippen LogP contribution in [0.15, 0.2) is 48.7 Å². The summed E-state index contributed by atoms with van der Waals surface area (Å²) in [5.74, 6) is -0.289. The monoisotopic (exact) mass is 420 g/mol. The number of nitrogens with zero attached hydrogens (tertiary/aromatic N) is 1. The summed E-state index contributed by atoms with van der Waals surface area (Å²) in [5.41, 5.74) is -0.283. The summed E-state index contributed by atoms with van der Waals surface area (Å²) in [7, 11) is 0. The number of ether oxygens (including phenoxy) is 1. The van der Waals surface area contributed by atoms with Gasteiger partial charge in [0.05, 0.1) is 23.9 Å². The molecule has 30 heavy (non-hydrogen) atoms.